The molecule has 1 N–H and O–H groups in total. The minimum Gasteiger partial charge on any atom is -0.421 e. The van der Waals surface area contributed by atoms with Gasteiger partial charge in [-0.15, -0.1) is 10.2 Å². The van der Waals surface area contributed by atoms with E-state index in [-0.39, 0.29) is 5.60 Å². The smallest absolute Gasteiger partial charge is 0.248 e. The van der Waals surface area contributed by atoms with E-state index in [0.717, 1.165) is 26.0 Å². The summed E-state index contributed by atoms with van der Waals surface area (Å²) in [7, 11) is 0. The summed E-state index contributed by atoms with van der Waals surface area (Å²) in [5.41, 5.74) is -0.364. The summed E-state index contributed by atoms with van der Waals surface area (Å²) < 4.78 is 11.2. The molecule has 1 aliphatic heterocycles. The van der Waals surface area contributed by atoms with Crippen molar-refractivity contribution in [3.8, 4) is 0 Å². The van der Waals surface area contributed by atoms with Crippen molar-refractivity contribution in [3.05, 3.63) is 11.8 Å². The molecular formula is C10H17N3O2. The van der Waals surface area contributed by atoms with Crippen LogP contribution in [0.5, 0.6) is 0 Å². The number of aromatic nitrogens is 2. The van der Waals surface area contributed by atoms with Gasteiger partial charge in [-0.2, -0.15) is 0 Å². The van der Waals surface area contributed by atoms with Crippen LogP contribution in [0.2, 0.25) is 0 Å². The van der Waals surface area contributed by atoms with E-state index < -0.39 is 0 Å². The Morgan fingerprint density at radius 2 is 2.33 bits per heavy atom. The predicted octanol–water partition coefficient (Wildman–Crippen LogP) is 1.20. The highest BCUT2D eigenvalue weighted by molar-refractivity contribution is 4.97. The second kappa shape index (κ2) is 4.28. The van der Waals surface area contributed by atoms with Gasteiger partial charge in [-0.05, 0) is 26.3 Å². The monoisotopic (exact) mass is 211 g/mol. The van der Waals surface area contributed by atoms with Crippen molar-refractivity contribution < 1.29 is 9.15 Å². The third-order valence-electron chi connectivity index (χ3n) is 2.66. The number of hydrogen-bond donors (Lipinski definition) is 1. The highest BCUT2D eigenvalue weighted by Crippen LogP contribution is 2.34. The van der Waals surface area contributed by atoms with Crippen molar-refractivity contribution >= 4 is 0 Å². The summed E-state index contributed by atoms with van der Waals surface area (Å²) in [6.07, 6.45) is 2.01. The molecule has 1 unspecified atom stereocenters. The van der Waals surface area contributed by atoms with Crippen molar-refractivity contribution in [2.24, 2.45) is 0 Å². The van der Waals surface area contributed by atoms with Crippen molar-refractivity contribution in [3.63, 3.8) is 0 Å². The molecule has 0 saturated carbocycles. The molecule has 5 nitrogen and oxygen atoms in total. The number of nitrogens with zero attached hydrogens (tertiary/aromatic N) is 2. The standard InChI is InChI=1S/C10H17N3O2/c1-3-11-7-8-12-13-9(15-8)10(2)5-4-6-14-10/h11H,3-7H2,1-2H3. The first kappa shape index (κ1) is 10.6. The summed E-state index contributed by atoms with van der Waals surface area (Å²) >= 11 is 0. The van der Waals surface area contributed by atoms with Crippen LogP contribution in [-0.4, -0.2) is 23.3 Å². The van der Waals surface area contributed by atoms with Gasteiger partial charge in [0.25, 0.3) is 0 Å². The minimum absolute atomic E-state index is 0.364. The van der Waals surface area contributed by atoms with Crippen LogP contribution in [0.15, 0.2) is 4.42 Å². The molecule has 1 aromatic rings. The van der Waals surface area contributed by atoms with Crippen LogP contribution in [0.1, 0.15) is 38.5 Å². The fraction of sp³-hybridized carbons (Fsp3) is 0.800. The van der Waals surface area contributed by atoms with Gasteiger partial charge in [0.05, 0.1) is 6.54 Å². The molecule has 1 atom stereocenters. The number of ether oxygens (including phenoxy) is 1. The van der Waals surface area contributed by atoms with E-state index in [1.54, 1.807) is 0 Å². The maximum Gasteiger partial charge on any atom is 0.248 e. The van der Waals surface area contributed by atoms with Gasteiger partial charge in [-0.25, -0.2) is 0 Å². The van der Waals surface area contributed by atoms with E-state index >= 15 is 0 Å². The average Bonchev–Trinajstić information content (AvgIpc) is 2.84. The first-order valence-electron chi connectivity index (χ1n) is 5.42. The van der Waals surface area contributed by atoms with Crippen molar-refractivity contribution in [1.29, 1.82) is 0 Å². The van der Waals surface area contributed by atoms with E-state index in [1.807, 2.05) is 13.8 Å². The summed E-state index contributed by atoms with van der Waals surface area (Å²) in [5, 5.41) is 11.2. The summed E-state index contributed by atoms with van der Waals surface area (Å²) in [5.74, 6) is 1.23. The molecule has 0 radical (unpaired) electrons. The van der Waals surface area contributed by atoms with E-state index in [9.17, 15) is 0 Å². The van der Waals surface area contributed by atoms with Gasteiger partial charge in [0, 0.05) is 6.61 Å². The highest BCUT2D eigenvalue weighted by Gasteiger charge is 2.37. The molecule has 1 saturated heterocycles. The molecule has 0 spiro atoms. The maximum absolute atomic E-state index is 5.63. The van der Waals surface area contributed by atoms with Crippen molar-refractivity contribution in [2.75, 3.05) is 13.2 Å². The average molecular weight is 211 g/mol. The lowest BCUT2D eigenvalue weighted by molar-refractivity contribution is -0.00619. The van der Waals surface area contributed by atoms with Crippen LogP contribution in [0, 0.1) is 0 Å². The van der Waals surface area contributed by atoms with Gasteiger partial charge >= 0.3 is 0 Å². The lowest BCUT2D eigenvalue weighted by Crippen LogP contribution is -2.20. The Morgan fingerprint density at radius 1 is 1.47 bits per heavy atom. The zero-order valence-electron chi connectivity index (χ0n) is 9.25. The third kappa shape index (κ3) is 2.18. The molecule has 15 heavy (non-hydrogen) atoms. The largest absolute Gasteiger partial charge is 0.421 e. The Morgan fingerprint density at radius 3 is 3.00 bits per heavy atom. The summed E-state index contributed by atoms with van der Waals surface area (Å²) in [6.45, 7) is 6.34. The fourth-order valence-electron chi connectivity index (χ4n) is 1.72. The normalized spacial score (nSPS) is 26.0. The Hall–Kier alpha value is -0.940. The highest BCUT2D eigenvalue weighted by atomic mass is 16.5. The van der Waals surface area contributed by atoms with Crippen LogP contribution in [0.3, 0.4) is 0 Å². The van der Waals surface area contributed by atoms with Gasteiger partial charge in [0.15, 0.2) is 0 Å². The van der Waals surface area contributed by atoms with Crippen LogP contribution in [-0.2, 0) is 16.9 Å². The van der Waals surface area contributed by atoms with Gasteiger partial charge in [0.1, 0.15) is 5.60 Å². The zero-order chi connectivity index (χ0) is 10.7. The molecule has 1 aromatic heterocycles. The summed E-state index contributed by atoms with van der Waals surface area (Å²) in [6, 6.07) is 0. The zero-order valence-corrected chi connectivity index (χ0v) is 9.25. The number of hydrogen-bond acceptors (Lipinski definition) is 5. The SMILES string of the molecule is CCNCc1nnc(C2(C)CCCO2)o1. The molecule has 5 heteroatoms. The Bertz CT molecular complexity index is 318. The van der Waals surface area contributed by atoms with Gasteiger partial charge in [-0.1, -0.05) is 6.92 Å². The van der Waals surface area contributed by atoms with E-state index in [4.69, 9.17) is 9.15 Å². The van der Waals surface area contributed by atoms with Crippen LogP contribution >= 0.6 is 0 Å². The van der Waals surface area contributed by atoms with E-state index in [2.05, 4.69) is 15.5 Å². The van der Waals surface area contributed by atoms with Crippen molar-refractivity contribution in [1.82, 2.24) is 15.5 Å². The van der Waals surface area contributed by atoms with E-state index in [1.165, 1.54) is 0 Å². The minimum atomic E-state index is -0.364. The second-order valence-corrected chi connectivity index (χ2v) is 3.96. The lowest BCUT2D eigenvalue weighted by Gasteiger charge is -2.17. The van der Waals surface area contributed by atoms with E-state index in [0.29, 0.717) is 18.3 Å². The van der Waals surface area contributed by atoms with Gasteiger partial charge in [-0.3, -0.25) is 0 Å². The van der Waals surface area contributed by atoms with Crippen LogP contribution in [0.25, 0.3) is 0 Å². The fourth-order valence-corrected chi connectivity index (χ4v) is 1.72. The number of nitrogens with one attached hydrogen (secondary N) is 1. The van der Waals surface area contributed by atoms with Gasteiger partial charge in [0.2, 0.25) is 11.8 Å². The number of rotatable bonds is 4. The predicted molar refractivity (Wildman–Crippen MR) is 54.2 cm³/mol. The first-order valence-corrected chi connectivity index (χ1v) is 5.42. The molecule has 0 aromatic carbocycles. The molecular weight excluding hydrogens is 194 g/mol. The second-order valence-electron chi connectivity index (χ2n) is 3.96. The first-order chi connectivity index (χ1) is 7.24. The third-order valence-corrected chi connectivity index (χ3v) is 2.66. The Kier molecular flexibility index (Phi) is 3.02. The molecule has 2 rings (SSSR count). The molecule has 0 amide bonds. The van der Waals surface area contributed by atoms with Gasteiger partial charge < -0.3 is 14.5 Å². The van der Waals surface area contributed by atoms with Crippen LogP contribution in [0.4, 0.5) is 0 Å². The Labute approximate surface area is 89.2 Å². The molecule has 1 fully saturated rings. The Balaban J connectivity index is 2.05. The molecule has 0 aliphatic carbocycles. The van der Waals surface area contributed by atoms with Crippen molar-refractivity contribution in [2.45, 2.75) is 38.8 Å². The topological polar surface area (TPSA) is 60.2 Å². The molecule has 2 heterocycles. The molecule has 1 aliphatic rings. The molecule has 84 valence electrons. The maximum atomic E-state index is 5.63. The lowest BCUT2D eigenvalue weighted by atomic mass is 10.0. The molecule has 0 bridgehead atoms. The summed E-state index contributed by atoms with van der Waals surface area (Å²) in [4.78, 5) is 0. The van der Waals surface area contributed by atoms with Crippen LogP contribution < -0.4 is 5.32 Å². The quantitative estimate of drug-likeness (QED) is 0.811.